The maximum atomic E-state index is 6.17. The number of para-hydroxylation sites is 1. The largest absolute Gasteiger partial charge is 0.489 e. The lowest BCUT2D eigenvalue weighted by Gasteiger charge is -2.27. The lowest BCUT2D eigenvalue weighted by atomic mass is 9.95. The number of hydrogen-bond acceptors (Lipinski definition) is 1. The normalized spacial score (nSPS) is 14.6. The van der Waals surface area contributed by atoms with Gasteiger partial charge in [-0.25, -0.2) is 0 Å². The highest BCUT2D eigenvalue weighted by Crippen LogP contribution is 2.37. The van der Waals surface area contributed by atoms with E-state index in [0.717, 1.165) is 25.0 Å². The third-order valence-electron chi connectivity index (χ3n) is 3.66. The van der Waals surface area contributed by atoms with Gasteiger partial charge in [-0.05, 0) is 30.4 Å². The predicted octanol–water partition coefficient (Wildman–Crippen LogP) is 6.13. The van der Waals surface area contributed by atoms with Gasteiger partial charge in [0.25, 0.3) is 0 Å². The summed E-state index contributed by atoms with van der Waals surface area (Å²) in [7, 11) is 0. The summed E-state index contributed by atoms with van der Waals surface area (Å²) in [5.41, 5.74) is 3.82. The number of benzene rings is 2. The minimum atomic E-state index is 0. The van der Waals surface area contributed by atoms with Gasteiger partial charge < -0.3 is 4.74 Å². The molecule has 2 heteroatoms. The van der Waals surface area contributed by atoms with Crippen LogP contribution in [0.3, 0.4) is 0 Å². The Morgan fingerprint density at radius 1 is 0.913 bits per heavy atom. The first-order valence-electron chi connectivity index (χ1n) is 8.72. The lowest BCUT2D eigenvalue weighted by molar-refractivity contribution is 0.170. The van der Waals surface area contributed by atoms with Crippen molar-refractivity contribution >= 4 is 8.41 Å². The third kappa shape index (κ3) is 5.46. The molecule has 2 aromatic rings. The van der Waals surface area contributed by atoms with Crippen molar-refractivity contribution in [3.8, 4) is 16.9 Å². The average molecular weight is 309 g/mol. The molecule has 1 heterocycles. The minimum absolute atomic E-state index is 0. The fourth-order valence-corrected chi connectivity index (χ4v) is 2.60. The van der Waals surface area contributed by atoms with Gasteiger partial charge in [-0.3, -0.25) is 0 Å². The smallest absolute Gasteiger partial charge is 0.130 e. The van der Waals surface area contributed by atoms with Crippen molar-refractivity contribution in [2.45, 2.75) is 60.0 Å². The predicted molar refractivity (Wildman–Crippen MR) is 103 cm³/mol. The molecule has 0 fully saturated rings. The highest BCUT2D eigenvalue weighted by molar-refractivity contribution is 5.75. The van der Waals surface area contributed by atoms with E-state index in [1.165, 1.54) is 16.7 Å². The molecule has 0 aliphatic carbocycles. The standard InChI is InChI=1S/C17H18O.2C2H6.B/c1-2-15-12-11-14-9-6-10-16(17(14)18-15)13-7-4-3-5-8-13;2*1-2;/h3-10,15H,2,11-12H2,1H3;2*1-2H3;/t15-;;;/m0.../s1. The maximum Gasteiger partial charge on any atom is 0.130 e. The highest BCUT2D eigenvalue weighted by Gasteiger charge is 2.21. The second kappa shape index (κ2) is 11.8. The van der Waals surface area contributed by atoms with Crippen molar-refractivity contribution in [3.63, 3.8) is 0 Å². The third-order valence-corrected chi connectivity index (χ3v) is 3.66. The number of rotatable bonds is 2. The van der Waals surface area contributed by atoms with Crippen LogP contribution in [0.4, 0.5) is 0 Å². The van der Waals surface area contributed by atoms with Gasteiger partial charge in [0, 0.05) is 14.0 Å². The maximum absolute atomic E-state index is 6.17. The molecule has 23 heavy (non-hydrogen) atoms. The van der Waals surface area contributed by atoms with E-state index >= 15 is 0 Å². The summed E-state index contributed by atoms with van der Waals surface area (Å²) in [6.07, 6.45) is 3.74. The molecule has 1 nitrogen and oxygen atoms in total. The van der Waals surface area contributed by atoms with E-state index in [-0.39, 0.29) is 8.41 Å². The Bertz CT molecular complexity index is 537. The Hall–Kier alpha value is -1.70. The van der Waals surface area contributed by atoms with Crippen molar-refractivity contribution in [1.29, 1.82) is 0 Å². The lowest BCUT2D eigenvalue weighted by Crippen LogP contribution is -2.22. The molecule has 0 aromatic heterocycles. The molecular formula is C21H30BO. The van der Waals surface area contributed by atoms with Crippen LogP contribution in [0.5, 0.6) is 5.75 Å². The number of aryl methyl sites for hydroxylation is 1. The number of fused-ring (bicyclic) bond motifs is 1. The second-order valence-electron chi connectivity index (χ2n) is 4.85. The molecule has 0 unspecified atom stereocenters. The van der Waals surface area contributed by atoms with Crippen molar-refractivity contribution in [1.82, 2.24) is 0 Å². The van der Waals surface area contributed by atoms with Crippen molar-refractivity contribution < 1.29 is 4.74 Å². The summed E-state index contributed by atoms with van der Waals surface area (Å²) >= 11 is 0. The molecular weight excluding hydrogens is 279 g/mol. The van der Waals surface area contributed by atoms with Crippen LogP contribution in [-0.4, -0.2) is 14.5 Å². The first kappa shape index (κ1) is 21.3. The Labute approximate surface area is 144 Å². The van der Waals surface area contributed by atoms with Gasteiger partial charge in [0.15, 0.2) is 0 Å². The summed E-state index contributed by atoms with van der Waals surface area (Å²) in [6.45, 7) is 10.2. The van der Waals surface area contributed by atoms with Gasteiger partial charge in [-0.1, -0.05) is 83.1 Å². The molecule has 0 amide bonds. The summed E-state index contributed by atoms with van der Waals surface area (Å²) < 4.78 is 6.17. The van der Waals surface area contributed by atoms with Crippen molar-refractivity contribution in [2.75, 3.05) is 0 Å². The van der Waals surface area contributed by atoms with E-state index in [0.29, 0.717) is 6.10 Å². The van der Waals surface area contributed by atoms with E-state index in [9.17, 15) is 0 Å². The first-order chi connectivity index (χ1) is 10.9. The van der Waals surface area contributed by atoms with Crippen LogP contribution >= 0.6 is 0 Å². The monoisotopic (exact) mass is 309 g/mol. The Morgan fingerprint density at radius 3 is 2.17 bits per heavy atom. The van der Waals surface area contributed by atoms with Crippen LogP contribution in [0.1, 0.15) is 53.0 Å². The first-order valence-corrected chi connectivity index (χ1v) is 8.72. The molecule has 3 radical (unpaired) electrons. The van der Waals surface area contributed by atoms with Gasteiger partial charge in [-0.15, -0.1) is 0 Å². The molecule has 0 N–H and O–H groups in total. The number of hydrogen-bond donors (Lipinski definition) is 0. The van der Waals surface area contributed by atoms with E-state index in [4.69, 9.17) is 4.74 Å². The summed E-state index contributed by atoms with van der Waals surface area (Å²) in [4.78, 5) is 0. The Balaban J connectivity index is 0.000000901. The quantitative estimate of drug-likeness (QED) is 0.606. The molecule has 123 valence electrons. The van der Waals surface area contributed by atoms with Gasteiger partial charge in [0.1, 0.15) is 5.75 Å². The molecule has 2 aromatic carbocycles. The van der Waals surface area contributed by atoms with Crippen LogP contribution in [-0.2, 0) is 6.42 Å². The van der Waals surface area contributed by atoms with Crippen LogP contribution < -0.4 is 4.74 Å². The van der Waals surface area contributed by atoms with Crippen LogP contribution in [0.15, 0.2) is 48.5 Å². The fourth-order valence-electron chi connectivity index (χ4n) is 2.60. The van der Waals surface area contributed by atoms with Gasteiger partial charge >= 0.3 is 0 Å². The van der Waals surface area contributed by atoms with Crippen LogP contribution in [0.25, 0.3) is 11.1 Å². The molecule has 1 aliphatic rings. The SMILES string of the molecule is CC.CC.CC[C@H]1CCc2cccc(-c3ccccc3)c2O1.[B]. The fraction of sp³-hybridized carbons (Fsp3) is 0.429. The van der Waals surface area contributed by atoms with Crippen LogP contribution in [0.2, 0.25) is 0 Å². The number of ether oxygens (including phenoxy) is 1. The van der Waals surface area contributed by atoms with E-state index in [2.05, 4.69) is 55.5 Å². The molecule has 0 saturated heterocycles. The van der Waals surface area contributed by atoms with E-state index in [1.807, 2.05) is 27.7 Å². The molecule has 1 aliphatic heterocycles. The van der Waals surface area contributed by atoms with E-state index in [1.54, 1.807) is 0 Å². The molecule has 0 spiro atoms. The molecule has 0 saturated carbocycles. The van der Waals surface area contributed by atoms with Gasteiger partial charge in [0.2, 0.25) is 0 Å². The zero-order chi connectivity index (χ0) is 16.4. The minimum Gasteiger partial charge on any atom is -0.489 e. The molecule has 1 atom stereocenters. The van der Waals surface area contributed by atoms with E-state index < -0.39 is 0 Å². The second-order valence-corrected chi connectivity index (χ2v) is 4.85. The average Bonchev–Trinajstić information content (AvgIpc) is 2.65. The van der Waals surface area contributed by atoms with Crippen molar-refractivity contribution in [3.05, 3.63) is 54.1 Å². The highest BCUT2D eigenvalue weighted by atomic mass is 16.5. The topological polar surface area (TPSA) is 9.23 Å². The van der Waals surface area contributed by atoms with Crippen molar-refractivity contribution in [2.24, 2.45) is 0 Å². The van der Waals surface area contributed by atoms with Crippen LogP contribution in [0, 0.1) is 0 Å². The summed E-state index contributed by atoms with van der Waals surface area (Å²) in [6, 6.07) is 17.0. The van der Waals surface area contributed by atoms with Gasteiger partial charge in [-0.2, -0.15) is 0 Å². The Kier molecular flexibility index (Phi) is 10.9. The zero-order valence-corrected chi connectivity index (χ0v) is 15.3. The molecule has 0 bridgehead atoms. The summed E-state index contributed by atoms with van der Waals surface area (Å²) in [5.74, 6) is 1.10. The molecule has 3 rings (SSSR count). The zero-order valence-electron chi connectivity index (χ0n) is 15.3. The van der Waals surface area contributed by atoms with Gasteiger partial charge in [0.05, 0.1) is 6.10 Å². The summed E-state index contributed by atoms with van der Waals surface area (Å²) in [5, 5.41) is 0. The Morgan fingerprint density at radius 2 is 1.57 bits per heavy atom.